The Labute approximate surface area is 178 Å². The maximum absolute atomic E-state index is 12.9. The Morgan fingerprint density at radius 2 is 1.76 bits per heavy atom. The summed E-state index contributed by atoms with van der Waals surface area (Å²) in [4.78, 5) is 13.0. The fourth-order valence-electron chi connectivity index (χ4n) is 3.76. The van der Waals surface area contributed by atoms with Crippen molar-refractivity contribution >= 4 is 27.5 Å². The number of sulfonamides is 1. The van der Waals surface area contributed by atoms with E-state index in [9.17, 15) is 13.2 Å². The average molecular weight is 435 g/mol. The highest BCUT2D eigenvalue weighted by molar-refractivity contribution is 7.89. The van der Waals surface area contributed by atoms with Crippen molar-refractivity contribution in [3.05, 3.63) is 63.7 Å². The number of carbonyl (C=O) groups excluding carboxylic acids is 1. The van der Waals surface area contributed by atoms with Gasteiger partial charge in [0.15, 0.2) is 0 Å². The fourth-order valence-corrected chi connectivity index (χ4v) is 5.50. The normalized spacial score (nSPS) is 16.4. The molecule has 0 aromatic heterocycles. The number of benzene rings is 2. The standard InChI is InChI=1S/C22H27ClN2O3S/c1-15-7-9-19(16(2)13-15)17(3)24-22(26)20-14-18(8-10-21(20)23)29(27,28)25-11-5-4-6-12-25/h7-10,13-14,17H,4-6,11-12H2,1-3H3,(H,24,26). The van der Waals surface area contributed by atoms with E-state index >= 15 is 0 Å². The van der Waals surface area contributed by atoms with Crippen LogP contribution in [0, 0.1) is 13.8 Å². The Balaban J connectivity index is 1.84. The van der Waals surface area contributed by atoms with E-state index in [4.69, 9.17) is 11.6 Å². The molecule has 1 aliphatic rings. The number of hydrogen-bond acceptors (Lipinski definition) is 3. The smallest absolute Gasteiger partial charge is 0.253 e. The van der Waals surface area contributed by atoms with Gasteiger partial charge in [0.2, 0.25) is 10.0 Å². The predicted octanol–water partition coefficient (Wildman–Crippen LogP) is 4.62. The predicted molar refractivity (Wildman–Crippen MR) is 116 cm³/mol. The number of rotatable bonds is 5. The first-order valence-corrected chi connectivity index (χ1v) is 11.7. The van der Waals surface area contributed by atoms with E-state index in [1.165, 1.54) is 22.5 Å². The zero-order chi connectivity index (χ0) is 21.2. The van der Waals surface area contributed by atoms with Gasteiger partial charge in [-0.25, -0.2) is 8.42 Å². The van der Waals surface area contributed by atoms with E-state index < -0.39 is 15.9 Å². The molecule has 5 nitrogen and oxygen atoms in total. The molecule has 0 aliphatic carbocycles. The van der Waals surface area contributed by atoms with Crippen LogP contribution in [0.2, 0.25) is 5.02 Å². The quantitative estimate of drug-likeness (QED) is 0.746. The van der Waals surface area contributed by atoms with Gasteiger partial charge >= 0.3 is 0 Å². The topological polar surface area (TPSA) is 66.5 Å². The van der Waals surface area contributed by atoms with Crippen LogP contribution >= 0.6 is 11.6 Å². The average Bonchev–Trinajstić information content (AvgIpc) is 2.68. The van der Waals surface area contributed by atoms with Gasteiger partial charge in [0.05, 0.1) is 21.5 Å². The van der Waals surface area contributed by atoms with Crippen LogP contribution in [0.3, 0.4) is 0 Å². The third-order valence-electron chi connectivity index (χ3n) is 5.37. The Morgan fingerprint density at radius 1 is 1.07 bits per heavy atom. The summed E-state index contributed by atoms with van der Waals surface area (Å²) in [5.41, 5.74) is 3.42. The van der Waals surface area contributed by atoms with Crippen molar-refractivity contribution < 1.29 is 13.2 Å². The molecule has 0 spiro atoms. The van der Waals surface area contributed by atoms with Crippen LogP contribution in [0.1, 0.15) is 59.3 Å². The number of nitrogens with one attached hydrogen (secondary N) is 1. The van der Waals surface area contributed by atoms with E-state index in [1.54, 1.807) is 0 Å². The molecule has 2 aromatic rings. The molecule has 3 rings (SSSR count). The van der Waals surface area contributed by atoms with Crippen molar-refractivity contribution in [2.45, 2.75) is 51.0 Å². The molecule has 1 aliphatic heterocycles. The Bertz CT molecular complexity index is 1010. The molecule has 0 saturated carbocycles. The molecule has 1 N–H and O–H groups in total. The fraction of sp³-hybridized carbons (Fsp3) is 0.409. The summed E-state index contributed by atoms with van der Waals surface area (Å²) in [7, 11) is -3.63. The van der Waals surface area contributed by atoms with Crippen LogP contribution in [0.4, 0.5) is 0 Å². The minimum atomic E-state index is -3.63. The Kier molecular flexibility index (Phi) is 6.66. The number of carbonyl (C=O) groups is 1. The summed E-state index contributed by atoms with van der Waals surface area (Å²) in [6.45, 7) is 6.95. The van der Waals surface area contributed by atoms with Gasteiger partial charge in [0.1, 0.15) is 0 Å². The van der Waals surface area contributed by atoms with Crippen molar-refractivity contribution in [1.82, 2.24) is 9.62 Å². The molecule has 1 amide bonds. The molecule has 29 heavy (non-hydrogen) atoms. The molecule has 1 fully saturated rings. The van der Waals surface area contributed by atoms with Crippen LogP contribution in [0.15, 0.2) is 41.3 Å². The minimum Gasteiger partial charge on any atom is -0.345 e. The second-order valence-corrected chi connectivity index (χ2v) is 10.0. The maximum atomic E-state index is 12.9. The molecule has 2 aromatic carbocycles. The molecular formula is C22H27ClN2O3S. The SMILES string of the molecule is Cc1ccc(C(C)NC(=O)c2cc(S(=O)(=O)N3CCCCC3)ccc2Cl)c(C)c1. The number of piperidine rings is 1. The van der Waals surface area contributed by atoms with Gasteiger partial charge in [0, 0.05) is 13.1 Å². The lowest BCUT2D eigenvalue weighted by Crippen LogP contribution is -2.35. The second kappa shape index (κ2) is 8.86. The Morgan fingerprint density at radius 3 is 2.41 bits per heavy atom. The van der Waals surface area contributed by atoms with E-state index in [1.807, 2.05) is 32.9 Å². The summed E-state index contributed by atoms with van der Waals surface area (Å²) in [5.74, 6) is -0.391. The van der Waals surface area contributed by atoms with Crippen molar-refractivity contribution in [3.8, 4) is 0 Å². The molecule has 156 valence electrons. The number of hydrogen-bond donors (Lipinski definition) is 1. The molecule has 1 atom stereocenters. The first-order valence-electron chi connectivity index (χ1n) is 9.88. The van der Waals surface area contributed by atoms with E-state index in [-0.39, 0.29) is 21.5 Å². The molecular weight excluding hydrogens is 408 g/mol. The molecule has 0 radical (unpaired) electrons. The highest BCUT2D eigenvalue weighted by Gasteiger charge is 2.27. The van der Waals surface area contributed by atoms with Gasteiger partial charge in [-0.1, -0.05) is 41.8 Å². The first-order chi connectivity index (χ1) is 13.7. The van der Waals surface area contributed by atoms with Crippen LogP contribution in [0.25, 0.3) is 0 Å². The Hall–Kier alpha value is -1.89. The zero-order valence-corrected chi connectivity index (χ0v) is 18.6. The van der Waals surface area contributed by atoms with Crippen LogP contribution in [-0.4, -0.2) is 31.7 Å². The lowest BCUT2D eigenvalue weighted by Gasteiger charge is -2.26. The lowest BCUT2D eigenvalue weighted by molar-refractivity contribution is 0.0939. The van der Waals surface area contributed by atoms with Gasteiger partial charge in [-0.05, 0) is 62.9 Å². The van der Waals surface area contributed by atoms with Gasteiger partial charge in [-0.3, -0.25) is 4.79 Å². The molecule has 1 saturated heterocycles. The number of nitrogens with zero attached hydrogens (tertiary/aromatic N) is 1. The van der Waals surface area contributed by atoms with E-state index in [2.05, 4.69) is 11.4 Å². The third-order valence-corrected chi connectivity index (χ3v) is 7.60. The van der Waals surface area contributed by atoms with Gasteiger partial charge in [-0.2, -0.15) is 4.31 Å². The minimum absolute atomic E-state index is 0.105. The summed E-state index contributed by atoms with van der Waals surface area (Å²) in [6, 6.07) is 10.2. The highest BCUT2D eigenvalue weighted by Crippen LogP contribution is 2.26. The van der Waals surface area contributed by atoms with Gasteiger partial charge in [-0.15, -0.1) is 0 Å². The second-order valence-electron chi connectivity index (χ2n) is 7.66. The lowest BCUT2D eigenvalue weighted by atomic mass is 10.00. The third kappa shape index (κ3) is 4.82. The summed E-state index contributed by atoms with van der Waals surface area (Å²) in [6.07, 6.45) is 2.75. The van der Waals surface area contributed by atoms with Crippen LogP contribution < -0.4 is 5.32 Å². The van der Waals surface area contributed by atoms with Gasteiger partial charge in [0.25, 0.3) is 5.91 Å². The van der Waals surface area contributed by atoms with E-state index in [0.717, 1.165) is 36.0 Å². The van der Waals surface area contributed by atoms with Crippen molar-refractivity contribution in [1.29, 1.82) is 0 Å². The molecule has 0 bridgehead atoms. The number of amides is 1. The monoisotopic (exact) mass is 434 g/mol. The maximum Gasteiger partial charge on any atom is 0.253 e. The summed E-state index contributed by atoms with van der Waals surface area (Å²) >= 11 is 6.24. The molecule has 1 heterocycles. The van der Waals surface area contributed by atoms with Crippen LogP contribution in [-0.2, 0) is 10.0 Å². The molecule has 7 heteroatoms. The van der Waals surface area contributed by atoms with Crippen LogP contribution in [0.5, 0.6) is 0 Å². The number of aryl methyl sites for hydroxylation is 2. The largest absolute Gasteiger partial charge is 0.345 e. The van der Waals surface area contributed by atoms with E-state index in [0.29, 0.717) is 13.1 Å². The van der Waals surface area contributed by atoms with Gasteiger partial charge < -0.3 is 5.32 Å². The van der Waals surface area contributed by atoms with Crippen molar-refractivity contribution in [2.24, 2.45) is 0 Å². The highest BCUT2D eigenvalue weighted by atomic mass is 35.5. The summed E-state index contributed by atoms with van der Waals surface area (Å²) < 4.78 is 27.4. The zero-order valence-electron chi connectivity index (χ0n) is 17.0. The van der Waals surface area contributed by atoms with Crippen molar-refractivity contribution in [2.75, 3.05) is 13.1 Å². The molecule has 1 unspecified atom stereocenters. The van der Waals surface area contributed by atoms with Crippen molar-refractivity contribution in [3.63, 3.8) is 0 Å². The first kappa shape index (κ1) is 21.8. The summed E-state index contributed by atoms with van der Waals surface area (Å²) in [5, 5.41) is 3.17. The number of halogens is 1.